The molecule has 34 heavy (non-hydrogen) atoms. The number of rotatable bonds is 7. The average molecular weight is 489 g/mol. The van der Waals surface area contributed by atoms with Gasteiger partial charge in [-0.25, -0.2) is 17.5 Å². The average Bonchev–Trinajstić information content (AvgIpc) is 2.80. The number of esters is 1. The lowest BCUT2D eigenvalue weighted by molar-refractivity contribution is 0.0318. The molecule has 2 aromatic rings. The Balaban J connectivity index is 1.95. The highest BCUT2D eigenvalue weighted by Gasteiger charge is 2.28. The van der Waals surface area contributed by atoms with Gasteiger partial charge in [0.25, 0.3) is 0 Å². The first kappa shape index (κ1) is 25.9. The first-order valence-corrected chi connectivity index (χ1v) is 12.6. The number of hydrogen-bond donors (Lipinski definition) is 0. The monoisotopic (exact) mass is 488 g/mol. The van der Waals surface area contributed by atoms with Crippen LogP contribution < -0.4 is 4.90 Å². The van der Waals surface area contributed by atoms with Gasteiger partial charge in [-0.05, 0) is 68.7 Å². The molecule has 0 amide bonds. The van der Waals surface area contributed by atoms with Gasteiger partial charge in [0.05, 0.1) is 29.4 Å². The van der Waals surface area contributed by atoms with Crippen molar-refractivity contribution in [3.8, 4) is 0 Å². The lowest BCUT2D eigenvalue weighted by atomic mass is 9.96. The van der Waals surface area contributed by atoms with E-state index in [9.17, 15) is 18.0 Å². The van der Waals surface area contributed by atoms with Crippen LogP contribution in [0, 0.1) is 20.8 Å². The smallest absolute Gasteiger partial charge is 0.341 e. The molecule has 184 valence electrons. The molecule has 1 saturated heterocycles. The summed E-state index contributed by atoms with van der Waals surface area (Å²) in [4.78, 5) is 28.3. The number of carbonyl (C=O) groups is 2. The molecule has 1 fully saturated rings. The molecular weight excluding hydrogens is 456 g/mol. The van der Waals surface area contributed by atoms with Gasteiger partial charge in [0, 0.05) is 32.7 Å². The van der Waals surface area contributed by atoms with Crippen molar-refractivity contribution in [2.75, 3.05) is 45.3 Å². The number of sulfonamides is 1. The van der Waals surface area contributed by atoms with Crippen LogP contribution in [-0.2, 0) is 19.5 Å². The number of carbonyl (C=O) groups excluding carboxylic acids is 2. The molecule has 0 saturated carbocycles. The molecule has 0 aliphatic carbocycles. The minimum Gasteiger partial charge on any atom is -0.451 e. The number of anilines is 1. The predicted octanol–water partition coefficient (Wildman–Crippen LogP) is 3.13. The summed E-state index contributed by atoms with van der Waals surface area (Å²) in [5, 5.41) is 0. The van der Waals surface area contributed by atoms with Crippen LogP contribution in [0.5, 0.6) is 0 Å². The summed E-state index contributed by atoms with van der Waals surface area (Å²) < 4.78 is 37.5. The second-order valence-corrected chi connectivity index (χ2v) is 10.9. The third-order valence-electron chi connectivity index (χ3n) is 6.08. The molecule has 0 bridgehead atoms. The fraction of sp³-hybridized carbons (Fsp3) is 0.440. The SMILES string of the molecule is Cc1cc(C)c(C(=O)C(C)OC(=O)c2cc(S(=O)(=O)N(C)C)ccc2N2CCOCC2)cc1C. The molecule has 9 heteroatoms. The molecule has 1 heterocycles. The molecule has 1 unspecified atom stereocenters. The molecule has 8 nitrogen and oxygen atoms in total. The van der Waals surface area contributed by atoms with E-state index in [4.69, 9.17) is 9.47 Å². The van der Waals surface area contributed by atoms with Gasteiger partial charge < -0.3 is 14.4 Å². The Hall–Kier alpha value is -2.75. The first-order valence-electron chi connectivity index (χ1n) is 11.2. The Morgan fingerprint density at radius 3 is 2.21 bits per heavy atom. The lowest BCUT2D eigenvalue weighted by Gasteiger charge is -2.30. The normalized spacial score (nSPS) is 15.3. The summed E-state index contributed by atoms with van der Waals surface area (Å²) in [6, 6.07) is 8.15. The van der Waals surface area contributed by atoms with Gasteiger partial charge in [0.2, 0.25) is 15.8 Å². The highest BCUT2D eigenvalue weighted by atomic mass is 32.2. The maximum atomic E-state index is 13.3. The molecule has 3 rings (SSSR count). The number of hydrogen-bond acceptors (Lipinski definition) is 7. The number of ether oxygens (including phenoxy) is 2. The van der Waals surface area contributed by atoms with Crippen molar-refractivity contribution in [1.82, 2.24) is 4.31 Å². The van der Waals surface area contributed by atoms with E-state index in [-0.39, 0.29) is 16.2 Å². The fourth-order valence-electron chi connectivity index (χ4n) is 3.85. The topological polar surface area (TPSA) is 93.2 Å². The van der Waals surface area contributed by atoms with Crippen molar-refractivity contribution < 1.29 is 27.5 Å². The largest absolute Gasteiger partial charge is 0.451 e. The molecular formula is C25H32N2O6S. The Morgan fingerprint density at radius 2 is 1.59 bits per heavy atom. The van der Waals surface area contributed by atoms with Gasteiger partial charge >= 0.3 is 5.97 Å². The quantitative estimate of drug-likeness (QED) is 0.437. The van der Waals surface area contributed by atoms with Crippen molar-refractivity contribution in [2.24, 2.45) is 0 Å². The highest BCUT2D eigenvalue weighted by molar-refractivity contribution is 7.89. The van der Waals surface area contributed by atoms with Crippen LogP contribution in [0.25, 0.3) is 0 Å². The zero-order valence-corrected chi connectivity index (χ0v) is 21.4. The lowest BCUT2D eigenvalue weighted by Crippen LogP contribution is -2.37. The summed E-state index contributed by atoms with van der Waals surface area (Å²) in [5.74, 6) is -1.06. The Bertz CT molecular complexity index is 1200. The van der Waals surface area contributed by atoms with Crippen molar-refractivity contribution >= 4 is 27.5 Å². The zero-order chi connectivity index (χ0) is 25.2. The van der Waals surface area contributed by atoms with Crippen LogP contribution in [0.4, 0.5) is 5.69 Å². The summed E-state index contributed by atoms with van der Waals surface area (Å²) in [6.07, 6.45) is -1.04. The van der Waals surface area contributed by atoms with E-state index in [1.807, 2.05) is 31.7 Å². The zero-order valence-electron chi connectivity index (χ0n) is 20.5. The predicted molar refractivity (Wildman–Crippen MR) is 130 cm³/mol. The van der Waals surface area contributed by atoms with Crippen LogP contribution >= 0.6 is 0 Å². The molecule has 1 aliphatic rings. The van der Waals surface area contributed by atoms with E-state index < -0.39 is 22.1 Å². The van der Waals surface area contributed by atoms with E-state index >= 15 is 0 Å². The van der Waals surface area contributed by atoms with Crippen LogP contribution in [-0.4, -0.2) is 71.0 Å². The number of nitrogens with zero attached hydrogens (tertiary/aromatic N) is 2. The molecule has 0 aromatic heterocycles. The van der Waals surface area contributed by atoms with E-state index in [0.717, 1.165) is 21.0 Å². The van der Waals surface area contributed by atoms with E-state index in [2.05, 4.69) is 0 Å². The molecule has 0 N–H and O–H groups in total. The standard InChI is InChI=1S/C25H32N2O6S/c1-16-13-18(3)21(14-17(16)2)24(28)19(4)33-25(29)22-15-20(34(30,31)26(5)6)7-8-23(22)27-9-11-32-12-10-27/h7-8,13-15,19H,9-12H2,1-6H3. The minimum atomic E-state index is -3.77. The van der Waals surface area contributed by atoms with E-state index in [1.165, 1.54) is 33.2 Å². The molecule has 0 spiro atoms. The van der Waals surface area contributed by atoms with Crippen LogP contribution in [0.3, 0.4) is 0 Å². The highest BCUT2D eigenvalue weighted by Crippen LogP contribution is 2.28. The number of benzene rings is 2. The van der Waals surface area contributed by atoms with Crippen molar-refractivity contribution in [2.45, 2.75) is 38.7 Å². The molecule has 2 aromatic carbocycles. The van der Waals surface area contributed by atoms with E-state index in [1.54, 1.807) is 12.1 Å². The van der Waals surface area contributed by atoms with E-state index in [0.29, 0.717) is 37.6 Å². The van der Waals surface area contributed by atoms with Crippen LogP contribution in [0.2, 0.25) is 0 Å². The number of Topliss-reactive ketones (excluding diaryl/α,β-unsaturated/α-hetero) is 1. The van der Waals surface area contributed by atoms with Gasteiger partial charge in [-0.15, -0.1) is 0 Å². The summed E-state index contributed by atoms with van der Waals surface area (Å²) in [7, 11) is -0.914. The van der Waals surface area contributed by atoms with Crippen molar-refractivity contribution in [3.63, 3.8) is 0 Å². The molecule has 1 atom stereocenters. The summed E-state index contributed by atoms with van der Waals surface area (Å²) in [6.45, 7) is 9.37. The second-order valence-electron chi connectivity index (χ2n) is 8.73. The maximum Gasteiger partial charge on any atom is 0.341 e. The third-order valence-corrected chi connectivity index (χ3v) is 7.89. The maximum absolute atomic E-state index is 13.3. The summed E-state index contributed by atoms with van der Waals surface area (Å²) in [5.41, 5.74) is 4.01. The van der Waals surface area contributed by atoms with Gasteiger partial charge in [-0.2, -0.15) is 0 Å². The second kappa shape index (κ2) is 10.2. The molecule has 0 radical (unpaired) electrons. The Kier molecular flexibility index (Phi) is 7.80. The van der Waals surface area contributed by atoms with Crippen molar-refractivity contribution in [3.05, 3.63) is 58.1 Å². The third kappa shape index (κ3) is 5.32. The van der Waals surface area contributed by atoms with Crippen LogP contribution in [0.15, 0.2) is 35.2 Å². The molecule has 1 aliphatic heterocycles. The van der Waals surface area contributed by atoms with Crippen molar-refractivity contribution in [1.29, 1.82) is 0 Å². The van der Waals surface area contributed by atoms with Gasteiger partial charge in [0.1, 0.15) is 0 Å². The van der Waals surface area contributed by atoms with Gasteiger partial charge in [0.15, 0.2) is 6.10 Å². The minimum absolute atomic E-state index is 0.0227. The number of morpholine rings is 1. The number of aryl methyl sites for hydroxylation is 3. The first-order chi connectivity index (χ1) is 15.9. The van der Waals surface area contributed by atoms with Gasteiger partial charge in [-0.1, -0.05) is 6.07 Å². The fourth-order valence-corrected chi connectivity index (χ4v) is 4.78. The number of ketones is 1. The summed E-state index contributed by atoms with van der Waals surface area (Å²) >= 11 is 0. The van der Waals surface area contributed by atoms with Gasteiger partial charge in [-0.3, -0.25) is 4.79 Å². The van der Waals surface area contributed by atoms with Crippen LogP contribution in [0.1, 0.15) is 44.3 Å². The Morgan fingerprint density at radius 1 is 0.971 bits per heavy atom. The Labute approximate surface area is 201 Å².